The van der Waals surface area contributed by atoms with Gasteiger partial charge in [0.15, 0.2) is 0 Å². The van der Waals surface area contributed by atoms with Crippen LogP contribution in [0.1, 0.15) is 11.7 Å². The first-order chi connectivity index (χ1) is 9.13. The van der Waals surface area contributed by atoms with Gasteiger partial charge in [0, 0.05) is 6.07 Å². The smallest absolute Gasteiger partial charge is 0.143 e. The molecule has 1 unspecified atom stereocenters. The van der Waals surface area contributed by atoms with Gasteiger partial charge in [-0.1, -0.05) is 29.3 Å². The molecule has 2 aromatic carbocycles. The SMILES string of the molecule is Fc1ccc2c(c1)NCC(c1ccc(Cl)c(Cl)c1)O2. The molecule has 1 aliphatic heterocycles. The highest BCUT2D eigenvalue weighted by Gasteiger charge is 2.21. The number of hydrogen-bond acceptors (Lipinski definition) is 2. The van der Waals surface area contributed by atoms with Crippen LogP contribution in [0.2, 0.25) is 10.0 Å². The summed E-state index contributed by atoms with van der Waals surface area (Å²) in [5.74, 6) is 0.339. The Labute approximate surface area is 120 Å². The lowest BCUT2D eigenvalue weighted by Gasteiger charge is -2.27. The number of benzene rings is 2. The molecule has 2 nitrogen and oxygen atoms in total. The topological polar surface area (TPSA) is 21.3 Å². The van der Waals surface area contributed by atoms with Crippen molar-refractivity contribution in [3.63, 3.8) is 0 Å². The van der Waals surface area contributed by atoms with Gasteiger partial charge in [0.1, 0.15) is 17.7 Å². The Morgan fingerprint density at radius 2 is 1.95 bits per heavy atom. The molecular weight excluding hydrogens is 288 g/mol. The normalized spacial score (nSPS) is 17.3. The van der Waals surface area contributed by atoms with Gasteiger partial charge in [0.25, 0.3) is 0 Å². The van der Waals surface area contributed by atoms with Crippen molar-refractivity contribution < 1.29 is 9.13 Å². The summed E-state index contributed by atoms with van der Waals surface area (Å²) in [6, 6.07) is 9.79. The Kier molecular flexibility index (Phi) is 3.25. The number of anilines is 1. The van der Waals surface area contributed by atoms with Gasteiger partial charge in [-0.25, -0.2) is 4.39 Å². The van der Waals surface area contributed by atoms with E-state index in [2.05, 4.69) is 5.32 Å². The van der Waals surface area contributed by atoms with Gasteiger partial charge in [0.05, 0.1) is 22.3 Å². The second kappa shape index (κ2) is 4.91. The summed E-state index contributed by atoms with van der Waals surface area (Å²) in [7, 11) is 0. The minimum atomic E-state index is -0.289. The number of nitrogens with one attached hydrogen (secondary N) is 1. The van der Waals surface area contributed by atoms with Crippen molar-refractivity contribution >= 4 is 28.9 Å². The van der Waals surface area contributed by atoms with Crippen molar-refractivity contribution in [1.82, 2.24) is 0 Å². The molecule has 0 spiro atoms. The van der Waals surface area contributed by atoms with E-state index in [1.807, 2.05) is 6.07 Å². The average molecular weight is 298 g/mol. The lowest BCUT2D eigenvalue weighted by Crippen LogP contribution is -2.23. The van der Waals surface area contributed by atoms with Gasteiger partial charge in [-0.15, -0.1) is 0 Å². The van der Waals surface area contributed by atoms with Crippen LogP contribution in [-0.2, 0) is 0 Å². The minimum Gasteiger partial charge on any atom is -0.482 e. The highest BCUT2D eigenvalue weighted by Crippen LogP contribution is 2.35. The molecule has 0 radical (unpaired) electrons. The quantitative estimate of drug-likeness (QED) is 0.825. The van der Waals surface area contributed by atoms with Crippen molar-refractivity contribution in [2.24, 2.45) is 0 Å². The standard InChI is InChI=1S/C14H10Cl2FNO/c15-10-3-1-8(5-11(10)16)14-7-18-12-6-9(17)2-4-13(12)19-14/h1-6,14,18H,7H2. The maximum atomic E-state index is 13.1. The van der Waals surface area contributed by atoms with Gasteiger partial charge in [-0.3, -0.25) is 0 Å². The molecule has 1 heterocycles. The lowest BCUT2D eigenvalue weighted by atomic mass is 10.1. The average Bonchev–Trinajstić information content (AvgIpc) is 2.41. The molecule has 1 atom stereocenters. The zero-order valence-electron chi connectivity index (χ0n) is 9.79. The maximum absolute atomic E-state index is 13.1. The number of hydrogen-bond donors (Lipinski definition) is 1. The van der Waals surface area contributed by atoms with Gasteiger partial charge >= 0.3 is 0 Å². The van der Waals surface area contributed by atoms with Crippen LogP contribution in [0.25, 0.3) is 0 Å². The molecule has 1 N–H and O–H groups in total. The first-order valence-electron chi connectivity index (χ1n) is 5.78. The molecule has 2 aromatic rings. The molecule has 0 fully saturated rings. The second-order valence-electron chi connectivity index (χ2n) is 4.30. The fourth-order valence-corrected chi connectivity index (χ4v) is 2.35. The summed E-state index contributed by atoms with van der Waals surface area (Å²) in [5, 5.41) is 4.15. The first-order valence-corrected chi connectivity index (χ1v) is 6.54. The predicted molar refractivity (Wildman–Crippen MR) is 74.7 cm³/mol. The number of halogens is 3. The van der Waals surface area contributed by atoms with Crippen LogP contribution in [0, 0.1) is 5.82 Å². The van der Waals surface area contributed by atoms with Crippen LogP contribution >= 0.6 is 23.2 Å². The van der Waals surface area contributed by atoms with Gasteiger partial charge in [-0.05, 0) is 29.8 Å². The third kappa shape index (κ3) is 2.48. The lowest BCUT2D eigenvalue weighted by molar-refractivity contribution is 0.210. The molecule has 19 heavy (non-hydrogen) atoms. The van der Waals surface area contributed by atoms with E-state index in [4.69, 9.17) is 27.9 Å². The van der Waals surface area contributed by atoms with E-state index in [0.717, 1.165) is 5.56 Å². The molecule has 3 rings (SSSR count). The summed E-state index contributed by atoms with van der Waals surface area (Å²) in [4.78, 5) is 0. The van der Waals surface area contributed by atoms with Crippen molar-refractivity contribution in [2.75, 3.05) is 11.9 Å². The number of fused-ring (bicyclic) bond motifs is 1. The van der Waals surface area contributed by atoms with Gasteiger partial charge < -0.3 is 10.1 Å². The predicted octanol–water partition coefficient (Wildman–Crippen LogP) is 4.68. The van der Waals surface area contributed by atoms with Crippen LogP contribution < -0.4 is 10.1 Å². The van der Waals surface area contributed by atoms with E-state index in [1.54, 1.807) is 18.2 Å². The minimum absolute atomic E-state index is 0.173. The highest BCUT2D eigenvalue weighted by molar-refractivity contribution is 6.42. The van der Waals surface area contributed by atoms with Crippen LogP contribution in [0.15, 0.2) is 36.4 Å². The summed E-state index contributed by atoms with van der Waals surface area (Å²) >= 11 is 11.9. The summed E-state index contributed by atoms with van der Waals surface area (Å²) < 4.78 is 18.9. The molecule has 0 saturated carbocycles. The van der Waals surface area contributed by atoms with E-state index < -0.39 is 0 Å². The molecule has 1 aliphatic rings. The van der Waals surface area contributed by atoms with Crippen molar-refractivity contribution in [2.45, 2.75) is 6.10 Å². The Morgan fingerprint density at radius 1 is 1.11 bits per heavy atom. The van der Waals surface area contributed by atoms with E-state index in [9.17, 15) is 4.39 Å². The van der Waals surface area contributed by atoms with E-state index in [1.165, 1.54) is 12.1 Å². The van der Waals surface area contributed by atoms with Crippen LogP contribution in [0.3, 0.4) is 0 Å². The molecule has 5 heteroatoms. The zero-order chi connectivity index (χ0) is 13.4. The Bertz CT molecular complexity index is 633. The first kappa shape index (κ1) is 12.6. The van der Waals surface area contributed by atoms with Gasteiger partial charge in [0.2, 0.25) is 0 Å². The summed E-state index contributed by atoms with van der Waals surface area (Å²) in [5.41, 5.74) is 1.59. The molecule has 0 bridgehead atoms. The third-order valence-electron chi connectivity index (χ3n) is 3.00. The van der Waals surface area contributed by atoms with Crippen molar-refractivity contribution in [1.29, 1.82) is 0 Å². The van der Waals surface area contributed by atoms with Crippen LogP contribution in [0.5, 0.6) is 5.75 Å². The summed E-state index contributed by atoms with van der Waals surface area (Å²) in [6.07, 6.45) is -0.173. The number of ether oxygens (including phenoxy) is 1. The molecular formula is C14H10Cl2FNO. The largest absolute Gasteiger partial charge is 0.482 e. The highest BCUT2D eigenvalue weighted by atomic mass is 35.5. The van der Waals surface area contributed by atoms with Crippen LogP contribution in [-0.4, -0.2) is 6.54 Å². The van der Waals surface area contributed by atoms with Crippen molar-refractivity contribution in [3.8, 4) is 5.75 Å². The fourth-order valence-electron chi connectivity index (χ4n) is 2.04. The molecule has 0 aliphatic carbocycles. The molecule has 0 aromatic heterocycles. The Hall–Kier alpha value is -1.45. The van der Waals surface area contributed by atoms with E-state index in [-0.39, 0.29) is 11.9 Å². The molecule has 0 saturated heterocycles. The van der Waals surface area contributed by atoms with Gasteiger partial charge in [-0.2, -0.15) is 0 Å². The third-order valence-corrected chi connectivity index (χ3v) is 3.74. The fraction of sp³-hybridized carbons (Fsp3) is 0.143. The molecule has 0 amide bonds. The second-order valence-corrected chi connectivity index (χ2v) is 5.12. The maximum Gasteiger partial charge on any atom is 0.143 e. The Morgan fingerprint density at radius 3 is 2.74 bits per heavy atom. The Balaban J connectivity index is 1.89. The van der Waals surface area contributed by atoms with E-state index in [0.29, 0.717) is 28.0 Å². The van der Waals surface area contributed by atoms with Crippen LogP contribution in [0.4, 0.5) is 10.1 Å². The zero-order valence-corrected chi connectivity index (χ0v) is 11.3. The van der Waals surface area contributed by atoms with E-state index >= 15 is 0 Å². The van der Waals surface area contributed by atoms with Crippen molar-refractivity contribution in [3.05, 3.63) is 57.8 Å². The molecule has 98 valence electrons. The summed E-state index contributed by atoms with van der Waals surface area (Å²) in [6.45, 7) is 0.550. The number of rotatable bonds is 1. The monoisotopic (exact) mass is 297 g/mol.